The maximum Gasteiger partial charge on any atom is 0.343 e. The van der Waals surface area contributed by atoms with Crippen LogP contribution >= 0.6 is 27.3 Å². The molecule has 4 rings (SSSR count). The fraction of sp³-hybridized carbons (Fsp3) is 0.323. The Hall–Kier alpha value is -4.43. The Labute approximate surface area is 270 Å². The molecule has 0 fully saturated rings. The highest BCUT2D eigenvalue weighted by atomic mass is 79.9. The van der Waals surface area contributed by atoms with E-state index in [1.54, 1.807) is 57.2 Å². The van der Waals surface area contributed by atoms with Crippen LogP contribution in [0.25, 0.3) is 6.08 Å². The van der Waals surface area contributed by atoms with Crippen molar-refractivity contribution >= 4 is 51.3 Å². The van der Waals surface area contributed by atoms with Gasteiger partial charge in [-0.05, 0) is 78.2 Å². The zero-order chi connectivity index (χ0) is 32.8. The highest BCUT2D eigenvalue weighted by Crippen LogP contribution is 2.38. The molecule has 3 aromatic rings. The number of carbonyl (C=O) groups excluding carboxylic acids is 3. The van der Waals surface area contributed by atoms with E-state index in [0.29, 0.717) is 36.4 Å². The van der Waals surface area contributed by atoms with Crippen LogP contribution in [0.2, 0.25) is 0 Å². The first-order chi connectivity index (χ1) is 21.5. The lowest BCUT2D eigenvalue weighted by atomic mass is 9.95. The van der Waals surface area contributed by atoms with E-state index >= 15 is 0 Å². The van der Waals surface area contributed by atoms with Gasteiger partial charge in [0.2, 0.25) is 0 Å². The van der Waals surface area contributed by atoms with Crippen molar-refractivity contribution in [1.82, 2.24) is 4.57 Å². The number of ether oxygens (including phenoxy) is 6. The number of fused-ring (bicyclic) bond motifs is 1. The Kier molecular flexibility index (Phi) is 10.8. The van der Waals surface area contributed by atoms with Gasteiger partial charge in [0.15, 0.2) is 34.4 Å². The Morgan fingerprint density at radius 2 is 1.80 bits per heavy atom. The number of hydrogen-bond acceptors (Lipinski definition) is 12. The second kappa shape index (κ2) is 14.6. The molecule has 0 unspecified atom stereocenters. The first-order valence-electron chi connectivity index (χ1n) is 13.7. The normalized spacial score (nSPS) is 14.3. The van der Waals surface area contributed by atoms with Crippen LogP contribution in [-0.4, -0.2) is 56.5 Å². The summed E-state index contributed by atoms with van der Waals surface area (Å²) in [7, 11) is 2.70. The highest BCUT2D eigenvalue weighted by molar-refractivity contribution is 9.10. The predicted octanol–water partition coefficient (Wildman–Crippen LogP) is 3.45. The van der Waals surface area contributed by atoms with Gasteiger partial charge in [0.1, 0.15) is 0 Å². The summed E-state index contributed by atoms with van der Waals surface area (Å²) in [5.74, 6) is -0.604. The van der Waals surface area contributed by atoms with Crippen LogP contribution in [0.3, 0.4) is 0 Å². The summed E-state index contributed by atoms with van der Waals surface area (Å²) in [5.41, 5.74) is 1.30. The van der Waals surface area contributed by atoms with Gasteiger partial charge in [0.05, 0.1) is 53.8 Å². The molecule has 0 aliphatic carbocycles. The standard InChI is InChI=1S/C31H31BrN2O10S/c1-7-41-22-14-19(9-10-21(22)43-15-25(36)40-6)27-26(30(38)42-8-2)16(3)33-31-34(27)29(37)24(45-31)13-18-11-20(32)28(44-17(4)35)23(12-18)39-5/h9-14,27H,7-8,15H2,1-6H3/b24-13+/t27-/m1/s1. The summed E-state index contributed by atoms with van der Waals surface area (Å²) in [6.07, 6.45) is 1.66. The summed E-state index contributed by atoms with van der Waals surface area (Å²) in [6, 6.07) is 7.36. The molecule has 2 heterocycles. The molecule has 0 amide bonds. The van der Waals surface area contributed by atoms with Crippen molar-refractivity contribution in [1.29, 1.82) is 0 Å². The second-order valence-corrected chi connectivity index (χ2v) is 11.3. The third-order valence-corrected chi connectivity index (χ3v) is 8.04. The Bertz CT molecular complexity index is 1860. The summed E-state index contributed by atoms with van der Waals surface area (Å²) >= 11 is 4.55. The van der Waals surface area contributed by atoms with Crippen LogP contribution in [0, 0.1) is 0 Å². The topological polar surface area (TPSA) is 141 Å². The largest absolute Gasteiger partial charge is 0.493 e. The van der Waals surface area contributed by atoms with Gasteiger partial charge in [-0.25, -0.2) is 14.6 Å². The molecule has 14 heteroatoms. The summed E-state index contributed by atoms with van der Waals surface area (Å²) in [6.45, 7) is 6.53. The number of esters is 3. The number of halogens is 1. The van der Waals surface area contributed by atoms with Crippen molar-refractivity contribution in [3.05, 3.63) is 76.9 Å². The van der Waals surface area contributed by atoms with Crippen LogP contribution in [0.4, 0.5) is 0 Å². The molecule has 2 aromatic carbocycles. The average Bonchev–Trinajstić information content (AvgIpc) is 3.30. The van der Waals surface area contributed by atoms with Gasteiger partial charge in [-0.2, -0.15) is 0 Å². The van der Waals surface area contributed by atoms with Crippen LogP contribution in [0.1, 0.15) is 44.9 Å². The molecule has 0 saturated heterocycles. The smallest absolute Gasteiger partial charge is 0.343 e. The first kappa shape index (κ1) is 33.5. The lowest BCUT2D eigenvalue weighted by molar-refractivity contribution is -0.143. The average molecular weight is 704 g/mol. The maximum absolute atomic E-state index is 14.1. The van der Waals surface area contributed by atoms with E-state index in [0.717, 1.165) is 11.3 Å². The molecule has 0 bridgehead atoms. The zero-order valence-corrected chi connectivity index (χ0v) is 27.8. The van der Waals surface area contributed by atoms with Crippen molar-refractivity contribution in [3.63, 3.8) is 0 Å². The summed E-state index contributed by atoms with van der Waals surface area (Å²) in [4.78, 5) is 55.6. The van der Waals surface area contributed by atoms with Gasteiger partial charge in [-0.3, -0.25) is 14.2 Å². The van der Waals surface area contributed by atoms with Gasteiger partial charge < -0.3 is 28.4 Å². The number of aromatic nitrogens is 1. The van der Waals surface area contributed by atoms with Crippen LogP contribution in [0.15, 0.2) is 55.9 Å². The number of allylic oxidation sites excluding steroid dienone is 1. The van der Waals surface area contributed by atoms with Gasteiger partial charge in [0.25, 0.3) is 5.56 Å². The zero-order valence-electron chi connectivity index (χ0n) is 25.4. The lowest BCUT2D eigenvalue weighted by Gasteiger charge is -2.25. The number of benzene rings is 2. The van der Waals surface area contributed by atoms with Crippen LogP contribution in [-0.2, 0) is 23.9 Å². The number of methoxy groups -OCH3 is 2. The molecular formula is C31H31BrN2O10S. The molecular weight excluding hydrogens is 672 g/mol. The first-order valence-corrected chi connectivity index (χ1v) is 15.4. The number of nitrogens with zero attached hydrogens (tertiary/aromatic N) is 2. The Balaban J connectivity index is 1.90. The molecule has 238 valence electrons. The van der Waals surface area contributed by atoms with Crippen molar-refractivity contribution < 1.29 is 42.8 Å². The molecule has 0 radical (unpaired) electrons. The number of carbonyl (C=O) groups is 3. The number of hydrogen-bond donors (Lipinski definition) is 0. The fourth-order valence-corrected chi connectivity index (χ4v) is 6.19. The molecule has 0 spiro atoms. The molecule has 1 atom stereocenters. The highest BCUT2D eigenvalue weighted by Gasteiger charge is 2.34. The monoisotopic (exact) mass is 702 g/mol. The van der Waals surface area contributed by atoms with Gasteiger partial charge in [0, 0.05) is 6.92 Å². The Morgan fingerprint density at radius 1 is 1.04 bits per heavy atom. The van der Waals surface area contributed by atoms with Crippen LogP contribution < -0.4 is 33.8 Å². The lowest BCUT2D eigenvalue weighted by Crippen LogP contribution is -2.40. The second-order valence-electron chi connectivity index (χ2n) is 9.43. The van der Waals surface area contributed by atoms with Gasteiger partial charge >= 0.3 is 17.9 Å². The molecule has 1 aliphatic rings. The van der Waals surface area contributed by atoms with E-state index in [-0.39, 0.29) is 42.6 Å². The third kappa shape index (κ3) is 7.28. The fourth-order valence-electron chi connectivity index (χ4n) is 4.60. The molecule has 1 aliphatic heterocycles. The van der Waals surface area contributed by atoms with Gasteiger partial charge in [-0.1, -0.05) is 17.4 Å². The van der Waals surface area contributed by atoms with Gasteiger partial charge in [-0.15, -0.1) is 0 Å². The van der Waals surface area contributed by atoms with Crippen LogP contribution in [0.5, 0.6) is 23.0 Å². The quantitative estimate of drug-likeness (QED) is 0.216. The molecule has 1 aromatic heterocycles. The number of thiazole rings is 1. The van der Waals surface area contributed by atoms with E-state index < -0.39 is 29.5 Å². The van der Waals surface area contributed by atoms with Crippen molar-refractivity contribution in [3.8, 4) is 23.0 Å². The van der Waals surface area contributed by atoms with Crippen molar-refractivity contribution in [2.24, 2.45) is 4.99 Å². The maximum atomic E-state index is 14.1. The SMILES string of the molecule is CCOC(=O)C1=C(C)N=c2s/c(=C/c3cc(Br)c(OC(C)=O)c(OC)c3)c(=O)n2[C@@H]1c1ccc(OCC(=O)OC)c(OCC)c1. The minimum atomic E-state index is -0.913. The van der Waals surface area contributed by atoms with E-state index in [1.807, 2.05) is 0 Å². The Morgan fingerprint density at radius 3 is 2.44 bits per heavy atom. The summed E-state index contributed by atoms with van der Waals surface area (Å²) < 4.78 is 34.3. The third-order valence-electron chi connectivity index (χ3n) is 6.47. The van der Waals surface area contributed by atoms with Crippen molar-refractivity contribution in [2.75, 3.05) is 34.0 Å². The molecule has 12 nitrogen and oxygen atoms in total. The minimum Gasteiger partial charge on any atom is -0.493 e. The van der Waals surface area contributed by atoms with E-state index in [2.05, 4.69) is 25.7 Å². The van der Waals surface area contributed by atoms with Crippen molar-refractivity contribution in [2.45, 2.75) is 33.7 Å². The minimum absolute atomic E-state index is 0.122. The molecule has 0 N–H and O–H groups in total. The van der Waals surface area contributed by atoms with E-state index in [9.17, 15) is 19.2 Å². The van der Waals surface area contributed by atoms with E-state index in [4.69, 9.17) is 23.7 Å². The molecule has 45 heavy (non-hydrogen) atoms. The summed E-state index contributed by atoms with van der Waals surface area (Å²) in [5, 5.41) is 0. The number of rotatable bonds is 11. The predicted molar refractivity (Wildman–Crippen MR) is 168 cm³/mol. The van der Waals surface area contributed by atoms with E-state index in [1.165, 1.54) is 25.7 Å². The molecule has 0 saturated carbocycles.